The Kier molecular flexibility index (Phi) is 8.57. The van der Waals surface area contributed by atoms with Crippen LogP contribution < -0.4 is 24.3 Å². The number of thiazole rings is 1. The molecule has 0 radical (unpaired) electrons. The first-order chi connectivity index (χ1) is 16.0. The lowest BCUT2D eigenvalue weighted by Gasteiger charge is -2.12. The van der Waals surface area contributed by atoms with Gasteiger partial charge in [-0.2, -0.15) is 0 Å². The van der Waals surface area contributed by atoms with Gasteiger partial charge in [0, 0.05) is 17.0 Å². The minimum absolute atomic E-state index is 0.324. The molecule has 0 saturated heterocycles. The third kappa shape index (κ3) is 6.18. The highest BCUT2D eigenvalue weighted by Gasteiger charge is 2.13. The molecule has 2 aromatic carbocycles. The lowest BCUT2D eigenvalue weighted by Crippen LogP contribution is -2.07. The Morgan fingerprint density at radius 1 is 1.12 bits per heavy atom. The van der Waals surface area contributed by atoms with Gasteiger partial charge in [0.05, 0.1) is 38.7 Å². The van der Waals surface area contributed by atoms with Crippen LogP contribution in [-0.4, -0.2) is 38.8 Å². The van der Waals surface area contributed by atoms with Crippen LogP contribution in [0.3, 0.4) is 0 Å². The van der Waals surface area contributed by atoms with E-state index in [1.54, 1.807) is 39.5 Å². The fourth-order valence-corrected chi connectivity index (χ4v) is 3.96. The predicted octanol–water partition coefficient (Wildman–Crippen LogP) is 5.93. The topological polar surface area (TPSA) is 78.9 Å². The standard InChI is InChI=1S/C24H25ClN2O5S/c1-5-10-32-23-18(25)11-15(12-21(23)31-4)6-9-22(28)27-24-26-19(14-33-24)17-13-16(29-2)7-8-20(17)30-3/h6-9,11-14H,5,10H2,1-4H3,(H,26,27,28)/b9-6+. The van der Waals surface area contributed by atoms with E-state index in [0.29, 0.717) is 51.0 Å². The van der Waals surface area contributed by atoms with Gasteiger partial charge in [-0.1, -0.05) is 18.5 Å². The zero-order valence-corrected chi connectivity index (χ0v) is 20.4. The summed E-state index contributed by atoms with van der Waals surface area (Å²) >= 11 is 7.65. The summed E-state index contributed by atoms with van der Waals surface area (Å²) in [7, 11) is 4.73. The molecule has 1 aromatic heterocycles. The molecule has 7 nitrogen and oxygen atoms in total. The molecule has 3 rings (SSSR count). The summed E-state index contributed by atoms with van der Waals surface area (Å²) in [5.74, 6) is 2.03. The van der Waals surface area contributed by atoms with Crippen LogP contribution in [0.2, 0.25) is 5.02 Å². The van der Waals surface area contributed by atoms with Gasteiger partial charge in [0.1, 0.15) is 11.5 Å². The van der Waals surface area contributed by atoms with Gasteiger partial charge in [-0.05, 0) is 48.4 Å². The van der Waals surface area contributed by atoms with E-state index < -0.39 is 0 Å². The van der Waals surface area contributed by atoms with Crippen LogP contribution >= 0.6 is 22.9 Å². The minimum atomic E-state index is -0.324. The number of carbonyl (C=O) groups excluding carboxylic acids is 1. The number of anilines is 1. The van der Waals surface area contributed by atoms with Crippen molar-refractivity contribution in [2.75, 3.05) is 33.3 Å². The number of benzene rings is 2. The van der Waals surface area contributed by atoms with Crippen LogP contribution in [0.1, 0.15) is 18.9 Å². The Balaban J connectivity index is 1.72. The maximum absolute atomic E-state index is 12.4. The smallest absolute Gasteiger partial charge is 0.250 e. The zero-order chi connectivity index (χ0) is 23.8. The van der Waals surface area contributed by atoms with Gasteiger partial charge < -0.3 is 18.9 Å². The SMILES string of the molecule is CCCOc1c(Cl)cc(/C=C/C(=O)Nc2nc(-c3cc(OC)ccc3OC)cs2)cc1OC. The van der Waals surface area contributed by atoms with Crippen molar-refractivity contribution in [2.45, 2.75) is 13.3 Å². The fourth-order valence-electron chi connectivity index (χ4n) is 2.97. The molecule has 174 valence electrons. The Labute approximate surface area is 201 Å². The molecular formula is C24H25ClN2O5S. The highest BCUT2D eigenvalue weighted by molar-refractivity contribution is 7.14. The summed E-state index contributed by atoms with van der Waals surface area (Å²) in [6.07, 6.45) is 3.90. The minimum Gasteiger partial charge on any atom is -0.497 e. The lowest BCUT2D eigenvalue weighted by atomic mass is 10.1. The van der Waals surface area contributed by atoms with Crippen molar-refractivity contribution < 1.29 is 23.7 Å². The molecule has 0 atom stereocenters. The number of halogens is 1. The average Bonchev–Trinajstić information content (AvgIpc) is 3.29. The van der Waals surface area contributed by atoms with Crippen molar-refractivity contribution in [3.05, 3.63) is 52.4 Å². The van der Waals surface area contributed by atoms with Crippen molar-refractivity contribution in [1.29, 1.82) is 0 Å². The Hall–Kier alpha value is -3.23. The van der Waals surface area contributed by atoms with Crippen LogP contribution in [0.15, 0.2) is 41.8 Å². The van der Waals surface area contributed by atoms with Crippen molar-refractivity contribution in [2.24, 2.45) is 0 Å². The third-order valence-corrected chi connectivity index (χ3v) is 5.58. The van der Waals surface area contributed by atoms with Gasteiger partial charge in [-0.3, -0.25) is 10.1 Å². The second-order valence-electron chi connectivity index (χ2n) is 6.81. The number of hydrogen-bond donors (Lipinski definition) is 1. The molecule has 0 bridgehead atoms. The van der Waals surface area contributed by atoms with Gasteiger partial charge in [0.2, 0.25) is 5.91 Å². The van der Waals surface area contributed by atoms with Crippen LogP contribution in [0.4, 0.5) is 5.13 Å². The zero-order valence-electron chi connectivity index (χ0n) is 18.8. The molecular weight excluding hydrogens is 464 g/mol. The summed E-state index contributed by atoms with van der Waals surface area (Å²) < 4.78 is 21.7. The normalized spacial score (nSPS) is 10.8. The van der Waals surface area contributed by atoms with E-state index >= 15 is 0 Å². The summed E-state index contributed by atoms with van der Waals surface area (Å²) in [6, 6.07) is 8.94. The van der Waals surface area contributed by atoms with E-state index in [1.165, 1.54) is 17.4 Å². The summed E-state index contributed by atoms with van der Waals surface area (Å²) in [5.41, 5.74) is 2.15. The maximum Gasteiger partial charge on any atom is 0.250 e. The largest absolute Gasteiger partial charge is 0.497 e. The number of amides is 1. The second kappa shape index (κ2) is 11.6. The molecule has 0 aliphatic carbocycles. The number of aromatic nitrogens is 1. The Morgan fingerprint density at radius 2 is 1.91 bits per heavy atom. The number of methoxy groups -OCH3 is 3. The lowest BCUT2D eigenvalue weighted by molar-refractivity contribution is -0.111. The molecule has 1 amide bonds. The number of ether oxygens (including phenoxy) is 4. The highest BCUT2D eigenvalue weighted by Crippen LogP contribution is 2.37. The molecule has 0 fully saturated rings. The molecule has 0 saturated carbocycles. The van der Waals surface area contributed by atoms with E-state index in [-0.39, 0.29) is 5.91 Å². The number of nitrogens with one attached hydrogen (secondary N) is 1. The van der Waals surface area contributed by atoms with Crippen LogP contribution in [0.5, 0.6) is 23.0 Å². The van der Waals surface area contributed by atoms with Crippen molar-refractivity contribution in [3.63, 3.8) is 0 Å². The summed E-state index contributed by atoms with van der Waals surface area (Å²) in [4.78, 5) is 16.9. The van der Waals surface area contributed by atoms with Crippen LogP contribution in [-0.2, 0) is 4.79 Å². The molecule has 0 aliphatic rings. The van der Waals surface area contributed by atoms with Crippen molar-refractivity contribution >= 4 is 40.1 Å². The monoisotopic (exact) mass is 488 g/mol. The van der Waals surface area contributed by atoms with E-state index in [4.69, 9.17) is 30.5 Å². The number of hydrogen-bond acceptors (Lipinski definition) is 7. The molecule has 1 N–H and O–H groups in total. The van der Waals surface area contributed by atoms with Gasteiger partial charge in [-0.25, -0.2) is 4.98 Å². The van der Waals surface area contributed by atoms with Crippen LogP contribution in [0, 0.1) is 0 Å². The number of rotatable bonds is 10. The van der Waals surface area contributed by atoms with Gasteiger partial charge in [0.25, 0.3) is 0 Å². The molecule has 0 unspecified atom stereocenters. The quantitative estimate of drug-likeness (QED) is 0.356. The van der Waals surface area contributed by atoms with Gasteiger partial charge in [-0.15, -0.1) is 11.3 Å². The van der Waals surface area contributed by atoms with Crippen LogP contribution in [0.25, 0.3) is 17.3 Å². The first kappa shape index (κ1) is 24.4. The van der Waals surface area contributed by atoms with E-state index in [1.807, 2.05) is 30.5 Å². The van der Waals surface area contributed by atoms with E-state index in [9.17, 15) is 4.79 Å². The number of carbonyl (C=O) groups is 1. The van der Waals surface area contributed by atoms with E-state index in [0.717, 1.165) is 12.0 Å². The fraction of sp³-hybridized carbons (Fsp3) is 0.250. The van der Waals surface area contributed by atoms with E-state index in [2.05, 4.69) is 10.3 Å². The van der Waals surface area contributed by atoms with Crippen molar-refractivity contribution in [3.8, 4) is 34.3 Å². The molecule has 1 heterocycles. The average molecular weight is 489 g/mol. The molecule has 9 heteroatoms. The third-order valence-electron chi connectivity index (χ3n) is 4.55. The summed E-state index contributed by atoms with van der Waals surface area (Å²) in [5, 5.41) is 5.49. The highest BCUT2D eigenvalue weighted by atomic mass is 35.5. The molecule has 0 spiro atoms. The maximum atomic E-state index is 12.4. The molecule has 33 heavy (non-hydrogen) atoms. The van der Waals surface area contributed by atoms with Gasteiger partial charge in [0.15, 0.2) is 16.6 Å². The van der Waals surface area contributed by atoms with Gasteiger partial charge >= 0.3 is 0 Å². The molecule has 3 aromatic rings. The predicted molar refractivity (Wildman–Crippen MR) is 132 cm³/mol. The van der Waals surface area contributed by atoms with Crippen molar-refractivity contribution in [1.82, 2.24) is 4.98 Å². The Bertz CT molecular complexity index is 1150. The second-order valence-corrected chi connectivity index (χ2v) is 8.07. The first-order valence-electron chi connectivity index (χ1n) is 10.2. The first-order valence-corrected chi connectivity index (χ1v) is 11.4. The number of nitrogens with zero attached hydrogens (tertiary/aromatic N) is 1. The molecule has 0 aliphatic heterocycles. The Morgan fingerprint density at radius 3 is 2.61 bits per heavy atom. The summed E-state index contributed by atoms with van der Waals surface area (Å²) in [6.45, 7) is 2.54.